The SMILES string of the molecule is C=CC(CCCCCCCC)CCCCCCCC.CC.CCCCCCCC. The molecule has 0 nitrogen and oxygen atoms in total. The Hall–Kier alpha value is -0.260. The molecule has 0 aliphatic rings. The Morgan fingerprint density at radius 1 is 0.448 bits per heavy atom. The highest BCUT2D eigenvalue weighted by atomic mass is 14.1. The first-order valence-corrected chi connectivity index (χ1v) is 13.9. The Balaban J connectivity index is -0.000000564. The molecule has 0 aromatic carbocycles. The maximum Gasteiger partial charge on any atom is -0.0236 e. The second-order valence-electron chi connectivity index (χ2n) is 8.52. The van der Waals surface area contributed by atoms with E-state index in [1.165, 1.54) is 128 Å². The van der Waals surface area contributed by atoms with E-state index in [1.54, 1.807) is 0 Å². The van der Waals surface area contributed by atoms with E-state index in [0.29, 0.717) is 0 Å². The summed E-state index contributed by atoms with van der Waals surface area (Å²) in [6, 6.07) is 0. The highest BCUT2D eigenvalue weighted by Crippen LogP contribution is 2.19. The summed E-state index contributed by atoms with van der Waals surface area (Å²) in [5.74, 6) is 0.789. The van der Waals surface area contributed by atoms with E-state index in [9.17, 15) is 0 Å². The number of hydrogen-bond acceptors (Lipinski definition) is 0. The van der Waals surface area contributed by atoms with E-state index >= 15 is 0 Å². The molecular formula is C29H62. The fourth-order valence-electron chi connectivity index (χ4n) is 3.61. The lowest BCUT2D eigenvalue weighted by Crippen LogP contribution is -1.96. The normalized spacial score (nSPS) is 10.2. The molecule has 0 spiro atoms. The quantitative estimate of drug-likeness (QED) is 0.138. The van der Waals surface area contributed by atoms with Crippen LogP contribution in [0.3, 0.4) is 0 Å². The van der Waals surface area contributed by atoms with Crippen LogP contribution in [0.4, 0.5) is 0 Å². The summed E-state index contributed by atoms with van der Waals surface area (Å²) in [7, 11) is 0. The van der Waals surface area contributed by atoms with Crippen molar-refractivity contribution in [2.24, 2.45) is 5.92 Å². The van der Waals surface area contributed by atoms with Gasteiger partial charge in [0.15, 0.2) is 0 Å². The van der Waals surface area contributed by atoms with Crippen molar-refractivity contribution in [1.82, 2.24) is 0 Å². The van der Waals surface area contributed by atoms with Gasteiger partial charge in [0.1, 0.15) is 0 Å². The van der Waals surface area contributed by atoms with E-state index in [1.807, 2.05) is 13.8 Å². The summed E-state index contributed by atoms with van der Waals surface area (Å²) < 4.78 is 0. The van der Waals surface area contributed by atoms with E-state index in [-0.39, 0.29) is 0 Å². The van der Waals surface area contributed by atoms with Crippen LogP contribution in [-0.4, -0.2) is 0 Å². The van der Waals surface area contributed by atoms with Crippen molar-refractivity contribution < 1.29 is 0 Å². The summed E-state index contributed by atoms with van der Waals surface area (Å²) >= 11 is 0. The van der Waals surface area contributed by atoms with Crippen LogP contribution in [-0.2, 0) is 0 Å². The van der Waals surface area contributed by atoms with Gasteiger partial charge in [-0.25, -0.2) is 0 Å². The van der Waals surface area contributed by atoms with Crippen LogP contribution in [0.1, 0.15) is 170 Å². The van der Waals surface area contributed by atoms with Crippen LogP contribution >= 0.6 is 0 Å². The van der Waals surface area contributed by atoms with Gasteiger partial charge in [0.05, 0.1) is 0 Å². The highest BCUT2D eigenvalue weighted by molar-refractivity contribution is 4.78. The number of allylic oxidation sites excluding steroid dienone is 1. The van der Waals surface area contributed by atoms with E-state index in [0.717, 1.165) is 5.92 Å². The third-order valence-corrected chi connectivity index (χ3v) is 5.65. The lowest BCUT2D eigenvalue weighted by molar-refractivity contribution is 0.466. The van der Waals surface area contributed by atoms with E-state index < -0.39 is 0 Å². The van der Waals surface area contributed by atoms with E-state index in [2.05, 4.69) is 40.3 Å². The van der Waals surface area contributed by atoms with Crippen LogP contribution in [0, 0.1) is 5.92 Å². The van der Waals surface area contributed by atoms with Gasteiger partial charge in [0.2, 0.25) is 0 Å². The monoisotopic (exact) mass is 410 g/mol. The van der Waals surface area contributed by atoms with E-state index in [4.69, 9.17) is 0 Å². The van der Waals surface area contributed by atoms with Crippen molar-refractivity contribution in [2.75, 3.05) is 0 Å². The molecular weight excluding hydrogens is 348 g/mol. The van der Waals surface area contributed by atoms with Crippen LogP contribution in [0.5, 0.6) is 0 Å². The molecule has 0 aliphatic heterocycles. The largest absolute Gasteiger partial charge is 0.103 e. The zero-order valence-corrected chi connectivity index (χ0v) is 22.0. The van der Waals surface area contributed by atoms with Crippen LogP contribution in [0.15, 0.2) is 12.7 Å². The fraction of sp³-hybridized carbons (Fsp3) is 0.931. The van der Waals surface area contributed by atoms with Gasteiger partial charge in [0, 0.05) is 0 Å². The Kier molecular flexibility index (Phi) is 40.5. The fourth-order valence-corrected chi connectivity index (χ4v) is 3.61. The minimum atomic E-state index is 0.789. The number of rotatable bonds is 20. The molecule has 0 rings (SSSR count). The second-order valence-corrected chi connectivity index (χ2v) is 8.52. The molecule has 0 N–H and O–H groups in total. The Morgan fingerprint density at radius 2 is 0.690 bits per heavy atom. The molecule has 0 unspecified atom stereocenters. The molecule has 0 saturated carbocycles. The summed E-state index contributed by atoms with van der Waals surface area (Å²) in [5, 5.41) is 0. The average Bonchev–Trinajstić information content (AvgIpc) is 2.76. The van der Waals surface area contributed by atoms with Crippen LogP contribution < -0.4 is 0 Å². The Labute approximate surface area is 188 Å². The molecule has 0 bridgehead atoms. The van der Waals surface area contributed by atoms with Crippen LogP contribution in [0.2, 0.25) is 0 Å². The molecule has 0 fully saturated rings. The first-order valence-electron chi connectivity index (χ1n) is 13.9. The van der Waals surface area contributed by atoms with Gasteiger partial charge >= 0.3 is 0 Å². The Bertz CT molecular complexity index is 220. The van der Waals surface area contributed by atoms with Crippen molar-refractivity contribution in [2.45, 2.75) is 170 Å². The first kappa shape index (κ1) is 33.4. The third kappa shape index (κ3) is 35.5. The third-order valence-electron chi connectivity index (χ3n) is 5.65. The summed E-state index contributed by atoms with van der Waals surface area (Å²) in [6.07, 6.45) is 30.4. The molecule has 0 heterocycles. The molecule has 178 valence electrons. The number of hydrogen-bond donors (Lipinski definition) is 0. The predicted octanol–water partition coefficient (Wildman–Crippen LogP) is 11.7. The lowest BCUT2D eigenvalue weighted by atomic mass is 9.94. The molecule has 0 aromatic rings. The van der Waals surface area contributed by atoms with Crippen molar-refractivity contribution in [3.05, 3.63) is 12.7 Å². The highest BCUT2D eigenvalue weighted by Gasteiger charge is 2.03. The molecule has 0 heteroatoms. The summed E-state index contributed by atoms with van der Waals surface area (Å²) in [6.45, 7) is 17.1. The molecule has 0 atom stereocenters. The second kappa shape index (κ2) is 35.2. The van der Waals surface area contributed by atoms with Gasteiger partial charge in [-0.05, 0) is 18.8 Å². The van der Waals surface area contributed by atoms with Gasteiger partial charge in [-0.2, -0.15) is 0 Å². The topological polar surface area (TPSA) is 0 Å². The van der Waals surface area contributed by atoms with Gasteiger partial charge in [-0.15, -0.1) is 6.58 Å². The summed E-state index contributed by atoms with van der Waals surface area (Å²) in [5.41, 5.74) is 0. The van der Waals surface area contributed by atoms with Crippen molar-refractivity contribution in [3.8, 4) is 0 Å². The predicted molar refractivity (Wildman–Crippen MR) is 140 cm³/mol. The first-order chi connectivity index (χ1) is 14.3. The minimum absolute atomic E-state index is 0.789. The molecule has 29 heavy (non-hydrogen) atoms. The number of unbranched alkanes of at least 4 members (excludes halogenated alkanes) is 15. The smallest absolute Gasteiger partial charge is 0.0236 e. The molecule has 0 radical (unpaired) electrons. The summed E-state index contributed by atoms with van der Waals surface area (Å²) in [4.78, 5) is 0. The molecule has 0 aliphatic carbocycles. The van der Waals surface area contributed by atoms with Crippen molar-refractivity contribution in [3.63, 3.8) is 0 Å². The zero-order chi connectivity index (χ0) is 22.4. The Morgan fingerprint density at radius 3 is 0.931 bits per heavy atom. The van der Waals surface area contributed by atoms with Crippen molar-refractivity contribution in [1.29, 1.82) is 0 Å². The molecule has 0 aromatic heterocycles. The zero-order valence-electron chi connectivity index (χ0n) is 22.0. The van der Waals surface area contributed by atoms with Crippen LogP contribution in [0.25, 0.3) is 0 Å². The molecule has 0 amide bonds. The van der Waals surface area contributed by atoms with Gasteiger partial charge in [0.25, 0.3) is 0 Å². The lowest BCUT2D eigenvalue weighted by Gasteiger charge is -2.12. The van der Waals surface area contributed by atoms with Gasteiger partial charge < -0.3 is 0 Å². The van der Waals surface area contributed by atoms with Crippen molar-refractivity contribution >= 4 is 0 Å². The maximum atomic E-state index is 4.02. The molecule has 0 saturated heterocycles. The average molecular weight is 411 g/mol. The van der Waals surface area contributed by atoms with Gasteiger partial charge in [-0.1, -0.05) is 163 Å². The maximum absolute atomic E-state index is 4.02. The minimum Gasteiger partial charge on any atom is -0.103 e. The standard InChI is InChI=1S/C19H38.C8H18.C2H6/c1-4-7-9-11-13-15-17-19(6-3)18-16-14-12-10-8-5-2;1-3-5-7-8-6-4-2;1-2/h6,19H,3-5,7-18H2,1-2H3;3-8H2,1-2H3;1-2H3. The van der Waals surface area contributed by atoms with Gasteiger partial charge in [-0.3, -0.25) is 0 Å².